The molecule has 1 saturated carbocycles. The maximum absolute atomic E-state index is 12.8. The van der Waals surface area contributed by atoms with Gasteiger partial charge in [-0.3, -0.25) is 9.59 Å². The Balaban J connectivity index is 1.94. The summed E-state index contributed by atoms with van der Waals surface area (Å²) in [6.45, 7) is 6.72. The molecule has 0 aromatic heterocycles. The highest BCUT2D eigenvalue weighted by atomic mass is 32.2. The molecular formula is C29H44O3S. The average Bonchev–Trinajstić information content (AvgIpc) is 3.16. The van der Waals surface area contributed by atoms with Crippen LogP contribution in [0.3, 0.4) is 0 Å². The minimum absolute atomic E-state index is 0.0923. The van der Waals surface area contributed by atoms with E-state index < -0.39 is 0 Å². The topological polar surface area (TPSA) is 43.4 Å². The van der Waals surface area contributed by atoms with Crippen molar-refractivity contribution in [2.45, 2.75) is 108 Å². The lowest BCUT2D eigenvalue weighted by Gasteiger charge is -2.26. The minimum atomic E-state index is -0.0923. The largest absolute Gasteiger partial charge is 0.466 e. The predicted octanol–water partition coefficient (Wildman–Crippen LogP) is 8.09. The van der Waals surface area contributed by atoms with Crippen LogP contribution in [0.2, 0.25) is 0 Å². The van der Waals surface area contributed by atoms with Gasteiger partial charge in [-0.1, -0.05) is 69.4 Å². The molecule has 0 N–H and O–H groups in total. The number of benzene rings is 1. The molecule has 1 aliphatic carbocycles. The maximum Gasteiger partial charge on any atom is 0.305 e. The molecule has 0 spiro atoms. The molecule has 0 aliphatic heterocycles. The summed E-state index contributed by atoms with van der Waals surface area (Å²) < 4.78 is 5.00. The molecule has 4 heteroatoms. The quantitative estimate of drug-likeness (QED) is 0.105. The van der Waals surface area contributed by atoms with Gasteiger partial charge >= 0.3 is 5.97 Å². The number of carbonyl (C=O) groups is 2. The third kappa shape index (κ3) is 10.1. The van der Waals surface area contributed by atoms with Crippen LogP contribution >= 0.6 is 11.8 Å². The second-order valence-corrected chi connectivity index (χ2v) is 10.5. The van der Waals surface area contributed by atoms with Crippen LogP contribution in [0.4, 0.5) is 0 Å². The second-order valence-electron chi connectivity index (χ2n) is 9.31. The average molecular weight is 473 g/mol. The molecule has 33 heavy (non-hydrogen) atoms. The van der Waals surface area contributed by atoms with E-state index in [0.717, 1.165) is 51.4 Å². The van der Waals surface area contributed by atoms with Crippen molar-refractivity contribution in [2.24, 2.45) is 11.8 Å². The number of rotatable bonds is 16. The highest BCUT2D eigenvalue weighted by Crippen LogP contribution is 2.43. The molecule has 3 nitrogen and oxygen atoms in total. The van der Waals surface area contributed by atoms with Crippen LogP contribution < -0.4 is 0 Å². The first-order valence-electron chi connectivity index (χ1n) is 13.1. The van der Waals surface area contributed by atoms with Crippen molar-refractivity contribution in [1.29, 1.82) is 0 Å². The number of aryl methyl sites for hydroxylation is 1. The van der Waals surface area contributed by atoms with Gasteiger partial charge < -0.3 is 4.74 Å². The van der Waals surface area contributed by atoms with Crippen molar-refractivity contribution in [1.82, 2.24) is 0 Å². The Morgan fingerprint density at radius 3 is 2.67 bits per heavy atom. The van der Waals surface area contributed by atoms with Crippen LogP contribution in [0, 0.1) is 18.8 Å². The summed E-state index contributed by atoms with van der Waals surface area (Å²) >= 11 is 1.95. The zero-order valence-electron chi connectivity index (χ0n) is 21.0. The van der Waals surface area contributed by atoms with Gasteiger partial charge in [-0.15, -0.1) is 11.8 Å². The number of allylic oxidation sites excluding steroid dienone is 1. The molecule has 2 rings (SSSR count). The van der Waals surface area contributed by atoms with Crippen molar-refractivity contribution in [3.8, 4) is 0 Å². The highest BCUT2D eigenvalue weighted by molar-refractivity contribution is 8.00. The number of hydrogen-bond donors (Lipinski definition) is 0. The Kier molecular flexibility index (Phi) is 13.5. The fourth-order valence-corrected chi connectivity index (χ4v) is 6.16. The summed E-state index contributed by atoms with van der Waals surface area (Å²) in [7, 11) is 0. The molecule has 0 saturated heterocycles. The summed E-state index contributed by atoms with van der Waals surface area (Å²) in [4.78, 5) is 25.6. The van der Waals surface area contributed by atoms with E-state index in [4.69, 9.17) is 4.74 Å². The molecule has 0 radical (unpaired) electrons. The Bertz CT molecular complexity index is 742. The molecule has 1 aromatic carbocycles. The first kappa shape index (κ1) is 27.7. The van der Waals surface area contributed by atoms with Gasteiger partial charge in [-0.05, 0) is 63.5 Å². The fraction of sp³-hybridized carbons (Fsp3) is 0.655. The molecular weight excluding hydrogens is 428 g/mol. The monoisotopic (exact) mass is 472 g/mol. The van der Waals surface area contributed by atoms with Crippen LogP contribution in [0.1, 0.15) is 96.5 Å². The van der Waals surface area contributed by atoms with E-state index in [0.29, 0.717) is 30.0 Å². The standard InChI is InChI=1S/C29H44O3S/c1-4-6-7-8-12-19-28(33-27-18-15-14-16-23(27)3)25-21-22-26(30)24(25)17-11-9-10-13-20-29(31)32-5-2/h12,14-16,18-19,24-25,28H,4-11,13,17,20-22H2,1-3H3/b19-12+. The van der Waals surface area contributed by atoms with E-state index in [1.54, 1.807) is 0 Å². The van der Waals surface area contributed by atoms with Crippen LogP contribution in [0.25, 0.3) is 0 Å². The van der Waals surface area contributed by atoms with Gasteiger partial charge in [-0.25, -0.2) is 0 Å². The molecule has 3 atom stereocenters. The Labute approximate surface area is 206 Å². The molecule has 1 aromatic rings. The third-order valence-corrected chi connectivity index (χ3v) is 8.18. The zero-order chi connectivity index (χ0) is 23.9. The number of thioether (sulfide) groups is 1. The van der Waals surface area contributed by atoms with Gasteiger partial charge in [-0.2, -0.15) is 0 Å². The van der Waals surface area contributed by atoms with Crippen LogP contribution in [-0.2, 0) is 14.3 Å². The number of esters is 1. The zero-order valence-corrected chi connectivity index (χ0v) is 21.8. The van der Waals surface area contributed by atoms with Gasteiger partial charge in [0.2, 0.25) is 0 Å². The van der Waals surface area contributed by atoms with Gasteiger partial charge in [0.05, 0.1) is 6.61 Å². The lowest BCUT2D eigenvalue weighted by atomic mass is 9.87. The third-order valence-electron chi connectivity index (χ3n) is 6.68. The lowest BCUT2D eigenvalue weighted by Crippen LogP contribution is -2.23. The van der Waals surface area contributed by atoms with Crippen molar-refractivity contribution in [2.75, 3.05) is 6.61 Å². The molecule has 3 unspecified atom stereocenters. The smallest absolute Gasteiger partial charge is 0.305 e. The second kappa shape index (κ2) is 16.1. The lowest BCUT2D eigenvalue weighted by molar-refractivity contribution is -0.143. The number of carbonyl (C=O) groups excluding carboxylic acids is 2. The maximum atomic E-state index is 12.8. The van der Waals surface area contributed by atoms with E-state index in [2.05, 4.69) is 50.3 Å². The summed E-state index contributed by atoms with van der Waals surface area (Å²) in [5.74, 6) is 0.965. The molecule has 0 bridgehead atoms. The van der Waals surface area contributed by atoms with Gasteiger partial charge in [0, 0.05) is 28.9 Å². The molecule has 184 valence electrons. The van der Waals surface area contributed by atoms with E-state index >= 15 is 0 Å². The Morgan fingerprint density at radius 2 is 1.91 bits per heavy atom. The summed E-state index contributed by atoms with van der Waals surface area (Å²) in [5.41, 5.74) is 1.31. The predicted molar refractivity (Wildman–Crippen MR) is 140 cm³/mol. The first-order chi connectivity index (χ1) is 16.1. The molecule has 0 heterocycles. The SMILES string of the molecule is CCCCC/C=C/C(Sc1ccccc1C)C1CCC(=O)C1CCCCCCC(=O)OCC. The molecule has 1 fully saturated rings. The summed E-state index contributed by atoms with van der Waals surface area (Å²) in [6, 6.07) is 8.61. The van der Waals surface area contributed by atoms with Gasteiger partial charge in [0.25, 0.3) is 0 Å². The van der Waals surface area contributed by atoms with Crippen LogP contribution in [-0.4, -0.2) is 23.6 Å². The van der Waals surface area contributed by atoms with Crippen molar-refractivity contribution in [3.05, 3.63) is 42.0 Å². The Morgan fingerprint density at radius 1 is 1.12 bits per heavy atom. The highest BCUT2D eigenvalue weighted by Gasteiger charge is 2.38. The summed E-state index contributed by atoms with van der Waals surface area (Å²) in [6.07, 6.45) is 17.0. The van der Waals surface area contributed by atoms with Crippen LogP contribution in [0.15, 0.2) is 41.3 Å². The van der Waals surface area contributed by atoms with Crippen molar-refractivity contribution in [3.63, 3.8) is 0 Å². The number of hydrogen-bond acceptors (Lipinski definition) is 4. The van der Waals surface area contributed by atoms with E-state index in [1.165, 1.54) is 29.7 Å². The van der Waals surface area contributed by atoms with E-state index in [9.17, 15) is 9.59 Å². The molecule has 0 amide bonds. The number of ether oxygens (including phenoxy) is 1. The van der Waals surface area contributed by atoms with E-state index in [-0.39, 0.29) is 11.9 Å². The number of unbranched alkanes of at least 4 members (excludes halogenated alkanes) is 6. The normalized spacial score (nSPS) is 19.3. The van der Waals surface area contributed by atoms with Crippen LogP contribution in [0.5, 0.6) is 0 Å². The van der Waals surface area contributed by atoms with Crippen molar-refractivity contribution < 1.29 is 14.3 Å². The Hall–Kier alpha value is -1.55. The fourth-order valence-electron chi connectivity index (χ4n) is 4.77. The van der Waals surface area contributed by atoms with Crippen molar-refractivity contribution >= 4 is 23.5 Å². The number of ketones is 1. The first-order valence-corrected chi connectivity index (χ1v) is 14.0. The van der Waals surface area contributed by atoms with Gasteiger partial charge in [0.15, 0.2) is 0 Å². The number of Topliss-reactive ketones (excluding diaryl/α,β-unsaturated/α-hetero) is 1. The molecule has 1 aliphatic rings. The van der Waals surface area contributed by atoms with Gasteiger partial charge in [0.1, 0.15) is 5.78 Å². The van der Waals surface area contributed by atoms with E-state index in [1.807, 2.05) is 18.7 Å². The summed E-state index contributed by atoms with van der Waals surface area (Å²) in [5, 5.41) is 0.355. The minimum Gasteiger partial charge on any atom is -0.466 e.